The van der Waals surface area contributed by atoms with Crippen LogP contribution < -0.4 is 11.1 Å². The highest BCUT2D eigenvalue weighted by molar-refractivity contribution is 6.09. The van der Waals surface area contributed by atoms with Crippen LogP contribution in [-0.2, 0) is 0 Å². The summed E-state index contributed by atoms with van der Waals surface area (Å²) in [5.41, 5.74) is 7.90. The highest BCUT2D eigenvalue weighted by atomic mass is 16.1. The van der Waals surface area contributed by atoms with Gasteiger partial charge in [0.15, 0.2) is 5.78 Å². The van der Waals surface area contributed by atoms with Crippen molar-refractivity contribution in [3.8, 4) is 0 Å². The van der Waals surface area contributed by atoms with Crippen molar-refractivity contribution in [2.75, 3.05) is 0 Å². The Morgan fingerprint density at radius 3 is 1.88 bits per heavy atom. The van der Waals surface area contributed by atoms with Gasteiger partial charge in [0, 0.05) is 22.4 Å². The predicted molar refractivity (Wildman–Crippen MR) is 107 cm³/mol. The summed E-state index contributed by atoms with van der Waals surface area (Å²) in [4.78, 5) is 24.3. The molecular weight excluding hydrogens is 324 g/mol. The summed E-state index contributed by atoms with van der Waals surface area (Å²) in [7, 11) is 0. The van der Waals surface area contributed by atoms with Gasteiger partial charge in [0.25, 0.3) is 5.91 Å². The van der Waals surface area contributed by atoms with Gasteiger partial charge in [-0.3, -0.25) is 9.59 Å². The van der Waals surface area contributed by atoms with Crippen LogP contribution in [0.4, 0.5) is 0 Å². The summed E-state index contributed by atoms with van der Waals surface area (Å²) in [5, 5.41) is 2.73. The standard InChI is InChI=1S/C19H17NO2.C3H7N/c1-3-17(4-2)20-19(22)16-12-10-15(11-13-16)18(21)14-8-6-5-7-9-14;1-3(2)4/h3-13H,1H2,2H3,(H,20,22);1,4H2,2H3/b17-4+;. The number of nitrogens with two attached hydrogens (primary N) is 1. The number of carbonyl (C=O) groups excluding carboxylic acids is 2. The van der Waals surface area contributed by atoms with E-state index in [0.29, 0.717) is 28.1 Å². The van der Waals surface area contributed by atoms with E-state index < -0.39 is 0 Å². The van der Waals surface area contributed by atoms with Crippen molar-refractivity contribution in [3.05, 3.63) is 108 Å². The Balaban J connectivity index is 0.000000765. The van der Waals surface area contributed by atoms with Crippen LogP contribution in [0.3, 0.4) is 0 Å². The SMILES string of the molecule is C=C(C)N.C=C/C(=C\C)NC(=O)c1ccc(C(=O)c2ccccc2)cc1. The van der Waals surface area contributed by atoms with Gasteiger partial charge in [-0.05, 0) is 37.8 Å². The van der Waals surface area contributed by atoms with Crippen LogP contribution in [0, 0.1) is 0 Å². The summed E-state index contributed by atoms with van der Waals surface area (Å²) in [5.74, 6) is -0.292. The van der Waals surface area contributed by atoms with Crippen LogP contribution in [0.15, 0.2) is 91.3 Å². The van der Waals surface area contributed by atoms with E-state index >= 15 is 0 Å². The minimum Gasteiger partial charge on any atom is -0.403 e. The maximum atomic E-state index is 12.3. The lowest BCUT2D eigenvalue weighted by molar-refractivity contribution is 0.0965. The van der Waals surface area contributed by atoms with Gasteiger partial charge < -0.3 is 11.1 Å². The van der Waals surface area contributed by atoms with Gasteiger partial charge in [0.2, 0.25) is 0 Å². The number of benzene rings is 2. The molecule has 26 heavy (non-hydrogen) atoms. The maximum Gasteiger partial charge on any atom is 0.255 e. The fourth-order valence-electron chi connectivity index (χ4n) is 1.97. The molecule has 1 amide bonds. The molecule has 0 saturated carbocycles. The number of allylic oxidation sites excluding steroid dienone is 3. The van der Waals surface area contributed by atoms with Crippen molar-refractivity contribution in [1.29, 1.82) is 0 Å². The summed E-state index contributed by atoms with van der Waals surface area (Å²) in [6.45, 7) is 10.5. The number of ketones is 1. The van der Waals surface area contributed by atoms with E-state index in [1.165, 1.54) is 0 Å². The first-order valence-electron chi connectivity index (χ1n) is 8.10. The Morgan fingerprint density at radius 1 is 0.962 bits per heavy atom. The van der Waals surface area contributed by atoms with E-state index in [1.54, 1.807) is 55.5 Å². The second kappa shape index (κ2) is 10.5. The van der Waals surface area contributed by atoms with Crippen LogP contribution in [0.25, 0.3) is 0 Å². The molecule has 0 heterocycles. The number of hydrogen-bond donors (Lipinski definition) is 2. The van der Waals surface area contributed by atoms with Crippen LogP contribution in [0.2, 0.25) is 0 Å². The van der Waals surface area contributed by atoms with Gasteiger partial charge in [-0.2, -0.15) is 0 Å². The molecule has 0 aromatic heterocycles. The highest BCUT2D eigenvalue weighted by Crippen LogP contribution is 2.11. The van der Waals surface area contributed by atoms with Crippen molar-refractivity contribution in [2.45, 2.75) is 13.8 Å². The molecule has 0 aliphatic carbocycles. The molecule has 0 aliphatic heterocycles. The molecule has 0 atom stereocenters. The van der Waals surface area contributed by atoms with E-state index in [-0.39, 0.29) is 11.7 Å². The van der Waals surface area contributed by atoms with Crippen molar-refractivity contribution in [3.63, 3.8) is 0 Å². The molecule has 4 heteroatoms. The van der Waals surface area contributed by atoms with Crippen LogP contribution in [-0.4, -0.2) is 11.7 Å². The van der Waals surface area contributed by atoms with Gasteiger partial charge >= 0.3 is 0 Å². The smallest absolute Gasteiger partial charge is 0.255 e. The molecule has 3 N–H and O–H groups in total. The van der Waals surface area contributed by atoms with Crippen LogP contribution in [0.1, 0.15) is 40.1 Å². The lowest BCUT2D eigenvalue weighted by Gasteiger charge is -2.06. The summed E-state index contributed by atoms with van der Waals surface area (Å²) in [6, 6.07) is 15.6. The maximum absolute atomic E-state index is 12.3. The van der Waals surface area contributed by atoms with Gasteiger partial charge in [0.1, 0.15) is 0 Å². The van der Waals surface area contributed by atoms with E-state index in [9.17, 15) is 9.59 Å². The summed E-state index contributed by atoms with van der Waals surface area (Å²) < 4.78 is 0. The second-order valence-electron chi connectivity index (χ2n) is 5.52. The molecule has 0 spiro atoms. The molecule has 0 unspecified atom stereocenters. The first-order chi connectivity index (χ1) is 12.4. The summed E-state index contributed by atoms with van der Waals surface area (Å²) >= 11 is 0. The van der Waals surface area contributed by atoms with Crippen molar-refractivity contribution in [2.24, 2.45) is 5.73 Å². The molecule has 0 aliphatic rings. The fraction of sp³-hybridized carbons (Fsp3) is 0.0909. The quantitative estimate of drug-likeness (QED) is 0.628. The zero-order valence-corrected chi connectivity index (χ0v) is 15.2. The average molecular weight is 348 g/mol. The lowest BCUT2D eigenvalue weighted by atomic mass is 10.0. The van der Waals surface area contributed by atoms with Crippen molar-refractivity contribution in [1.82, 2.24) is 5.32 Å². The average Bonchev–Trinajstić information content (AvgIpc) is 2.65. The lowest BCUT2D eigenvalue weighted by Crippen LogP contribution is -2.21. The molecule has 4 nitrogen and oxygen atoms in total. The van der Waals surface area contributed by atoms with E-state index in [2.05, 4.69) is 18.5 Å². The molecule has 0 saturated heterocycles. The number of nitrogens with one attached hydrogen (secondary N) is 1. The fourth-order valence-corrected chi connectivity index (χ4v) is 1.97. The van der Waals surface area contributed by atoms with Crippen molar-refractivity contribution >= 4 is 11.7 Å². The largest absolute Gasteiger partial charge is 0.403 e. The third-order valence-electron chi connectivity index (χ3n) is 3.23. The molecule has 0 radical (unpaired) electrons. The number of hydrogen-bond acceptors (Lipinski definition) is 3. The van der Waals surface area contributed by atoms with E-state index in [0.717, 1.165) is 0 Å². The Labute approximate surface area is 154 Å². The molecule has 2 rings (SSSR count). The van der Waals surface area contributed by atoms with E-state index in [4.69, 9.17) is 5.73 Å². The monoisotopic (exact) mass is 348 g/mol. The predicted octanol–water partition coefficient (Wildman–Crippen LogP) is 4.22. The van der Waals surface area contributed by atoms with Gasteiger partial charge in [0.05, 0.1) is 0 Å². The topological polar surface area (TPSA) is 72.2 Å². The van der Waals surface area contributed by atoms with Gasteiger partial charge in [-0.15, -0.1) is 0 Å². The third kappa shape index (κ3) is 6.61. The number of amides is 1. The number of rotatable bonds is 5. The van der Waals surface area contributed by atoms with Crippen LogP contribution >= 0.6 is 0 Å². The Bertz CT molecular complexity index is 800. The van der Waals surface area contributed by atoms with E-state index in [1.807, 2.05) is 25.1 Å². The minimum atomic E-state index is -0.230. The summed E-state index contributed by atoms with van der Waals surface area (Å²) in [6.07, 6.45) is 3.34. The highest BCUT2D eigenvalue weighted by Gasteiger charge is 2.10. The normalized spacial score (nSPS) is 10.2. The first kappa shape index (κ1) is 20.6. The van der Waals surface area contributed by atoms with Gasteiger partial charge in [-0.25, -0.2) is 0 Å². The van der Waals surface area contributed by atoms with Gasteiger partial charge in [-0.1, -0.05) is 61.7 Å². The van der Waals surface area contributed by atoms with Crippen molar-refractivity contribution < 1.29 is 9.59 Å². The Kier molecular flexibility index (Phi) is 8.31. The molecular formula is C22H24N2O2. The minimum absolute atomic E-state index is 0.0622. The zero-order chi connectivity index (χ0) is 19.5. The molecule has 134 valence electrons. The first-order valence-corrected chi connectivity index (χ1v) is 8.10. The second-order valence-corrected chi connectivity index (χ2v) is 5.52. The zero-order valence-electron chi connectivity index (χ0n) is 15.2. The molecule has 2 aromatic carbocycles. The molecule has 2 aromatic rings. The Morgan fingerprint density at radius 2 is 1.42 bits per heavy atom. The van der Waals surface area contributed by atoms with Crippen LogP contribution in [0.5, 0.6) is 0 Å². The molecule has 0 fully saturated rings. The third-order valence-corrected chi connectivity index (χ3v) is 3.23. The number of carbonyl (C=O) groups is 2. The molecule has 0 bridgehead atoms. The Hall–Kier alpha value is -3.40.